The Hall–Kier alpha value is -4.47. The summed E-state index contributed by atoms with van der Waals surface area (Å²) in [6.45, 7) is 2.78. The fourth-order valence-corrected chi connectivity index (χ4v) is 4.35. The number of hydrogen-bond acceptors (Lipinski definition) is 9. The third-order valence-corrected chi connectivity index (χ3v) is 6.95. The lowest BCUT2D eigenvalue weighted by Gasteiger charge is -2.19. The zero-order chi connectivity index (χ0) is 29.4. The SMILES string of the molecule is C=N/C(C[C@H](C)S(=O)(=O)Nc1nnc(-c2cccc(OC(F)F)n2)n1-c1c(OC)cccc1OC)=N\C=C(/C)F. The molecule has 0 spiro atoms. The number of pyridine rings is 1. The minimum absolute atomic E-state index is 0.0107. The minimum Gasteiger partial charge on any atom is -0.494 e. The molecule has 0 aliphatic rings. The van der Waals surface area contributed by atoms with Crippen LogP contribution in [0.25, 0.3) is 17.2 Å². The number of anilines is 1. The highest BCUT2D eigenvalue weighted by molar-refractivity contribution is 7.93. The quantitative estimate of drug-likeness (QED) is 0.245. The summed E-state index contributed by atoms with van der Waals surface area (Å²) in [4.78, 5) is 11.5. The van der Waals surface area contributed by atoms with Gasteiger partial charge in [0.2, 0.25) is 21.9 Å². The number of nitrogens with one attached hydrogen (secondary N) is 1. The highest BCUT2D eigenvalue weighted by Crippen LogP contribution is 2.37. The van der Waals surface area contributed by atoms with Crippen LogP contribution in [-0.2, 0) is 10.0 Å². The Labute approximate surface area is 228 Å². The smallest absolute Gasteiger partial charge is 0.388 e. The first-order valence-corrected chi connectivity index (χ1v) is 13.0. The maximum Gasteiger partial charge on any atom is 0.388 e. The molecule has 214 valence electrons. The number of alkyl halides is 2. The van der Waals surface area contributed by atoms with Gasteiger partial charge in [0.05, 0.1) is 25.7 Å². The van der Waals surface area contributed by atoms with Crippen molar-refractivity contribution in [1.29, 1.82) is 0 Å². The van der Waals surface area contributed by atoms with Crippen LogP contribution in [-0.4, -0.2) is 66.8 Å². The van der Waals surface area contributed by atoms with Crippen LogP contribution in [0.4, 0.5) is 19.1 Å². The number of hydrogen-bond donors (Lipinski definition) is 1. The molecule has 12 nitrogen and oxygen atoms in total. The van der Waals surface area contributed by atoms with Crippen molar-refractivity contribution in [1.82, 2.24) is 19.7 Å². The van der Waals surface area contributed by atoms with E-state index in [1.165, 1.54) is 50.8 Å². The van der Waals surface area contributed by atoms with Crippen molar-refractivity contribution in [2.75, 3.05) is 18.9 Å². The van der Waals surface area contributed by atoms with Gasteiger partial charge in [-0.25, -0.2) is 27.8 Å². The normalized spacial score (nSPS) is 13.2. The molecular weight excluding hydrogens is 555 g/mol. The number of methoxy groups -OCH3 is 2. The van der Waals surface area contributed by atoms with Gasteiger partial charge in [0.25, 0.3) is 0 Å². The fourth-order valence-electron chi connectivity index (χ4n) is 3.39. The van der Waals surface area contributed by atoms with Gasteiger partial charge in [-0.2, -0.15) is 8.78 Å². The van der Waals surface area contributed by atoms with Crippen LogP contribution in [0.3, 0.4) is 0 Å². The molecule has 0 aliphatic carbocycles. The van der Waals surface area contributed by atoms with E-state index in [-0.39, 0.29) is 46.9 Å². The summed E-state index contributed by atoms with van der Waals surface area (Å²) in [6.07, 6.45) is 0.683. The van der Waals surface area contributed by atoms with Gasteiger partial charge in [-0.15, -0.1) is 10.2 Å². The number of sulfonamides is 1. The second-order valence-electron chi connectivity index (χ2n) is 8.01. The highest BCUT2D eigenvalue weighted by atomic mass is 32.2. The number of halogens is 3. The van der Waals surface area contributed by atoms with E-state index in [1.807, 2.05) is 0 Å². The van der Waals surface area contributed by atoms with E-state index < -0.39 is 33.6 Å². The summed E-state index contributed by atoms with van der Waals surface area (Å²) in [5.41, 5.74) is 0.217. The number of benzene rings is 1. The highest BCUT2D eigenvalue weighted by Gasteiger charge is 2.29. The van der Waals surface area contributed by atoms with Crippen molar-refractivity contribution in [3.63, 3.8) is 0 Å². The Kier molecular flexibility index (Phi) is 9.82. The third kappa shape index (κ3) is 7.13. The van der Waals surface area contributed by atoms with Crippen LogP contribution < -0.4 is 18.9 Å². The number of nitrogens with zero attached hydrogens (tertiary/aromatic N) is 6. The topological polar surface area (TPSA) is 142 Å². The first kappa shape index (κ1) is 30.1. The molecule has 0 bridgehead atoms. The Balaban J connectivity index is 2.15. The van der Waals surface area contributed by atoms with Crippen LogP contribution in [0.1, 0.15) is 20.3 Å². The van der Waals surface area contributed by atoms with E-state index in [4.69, 9.17) is 9.47 Å². The van der Waals surface area contributed by atoms with Crippen LogP contribution >= 0.6 is 0 Å². The number of rotatable bonds is 12. The van der Waals surface area contributed by atoms with Crippen molar-refractivity contribution >= 4 is 28.5 Å². The lowest BCUT2D eigenvalue weighted by atomic mass is 10.2. The van der Waals surface area contributed by atoms with E-state index in [1.54, 1.807) is 18.2 Å². The molecule has 0 saturated heterocycles. The Morgan fingerprint density at radius 2 is 1.80 bits per heavy atom. The van der Waals surface area contributed by atoms with E-state index in [9.17, 15) is 21.6 Å². The number of ether oxygens (including phenoxy) is 3. The molecule has 0 radical (unpaired) electrons. The Morgan fingerprint density at radius 3 is 2.38 bits per heavy atom. The lowest BCUT2D eigenvalue weighted by molar-refractivity contribution is -0.0527. The van der Waals surface area contributed by atoms with E-state index in [0.29, 0.717) is 0 Å². The summed E-state index contributed by atoms with van der Waals surface area (Å²) >= 11 is 0. The van der Waals surface area contributed by atoms with Gasteiger partial charge in [0.1, 0.15) is 34.5 Å². The van der Waals surface area contributed by atoms with Crippen molar-refractivity contribution in [3.8, 4) is 34.6 Å². The van der Waals surface area contributed by atoms with Gasteiger partial charge >= 0.3 is 6.61 Å². The minimum atomic E-state index is -4.20. The van der Waals surface area contributed by atoms with E-state index >= 15 is 0 Å². The standard InChI is InChI=1S/C24H26F3N7O5S/c1-14(25)13-29-19(28-3)12-15(2)40(35,36)33-24-32-31-22(16-8-6-11-20(30-16)39-23(26)27)34(24)21-17(37-4)9-7-10-18(21)38-5/h6-11,13,15,23H,3,12H2,1-2,4-5H3,(H,32,33)/b14-13+,29-19-/t15-/m0/s1. The second-order valence-corrected chi connectivity index (χ2v) is 10.1. The molecule has 0 unspecified atom stereocenters. The van der Waals surface area contributed by atoms with Gasteiger partial charge in [0.15, 0.2) is 5.82 Å². The summed E-state index contributed by atoms with van der Waals surface area (Å²) < 4.78 is 84.4. The maximum absolute atomic E-state index is 13.3. The molecule has 40 heavy (non-hydrogen) atoms. The van der Waals surface area contributed by atoms with E-state index in [0.717, 1.165) is 6.20 Å². The molecule has 16 heteroatoms. The van der Waals surface area contributed by atoms with Gasteiger partial charge < -0.3 is 14.2 Å². The third-order valence-electron chi connectivity index (χ3n) is 5.26. The predicted molar refractivity (Wildman–Crippen MR) is 143 cm³/mol. The van der Waals surface area contributed by atoms with E-state index in [2.05, 4.69) is 41.3 Å². The Morgan fingerprint density at radius 1 is 1.15 bits per heavy atom. The largest absolute Gasteiger partial charge is 0.494 e. The summed E-state index contributed by atoms with van der Waals surface area (Å²) in [6, 6.07) is 8.89. The van der Waals surface area contributed by atoms with Gasteiger partial charge in [-0.1, -0.05) is 12.1 Å². The maximum atomic E-state index is 13.3. The van der Waals surface area contributed by atoms with Crippen LogP contribution in [0, 0.1) is 0 Å². The number of aromatic nitrogens is 4. The predicted octanol–water partition coefficient (Wildman–Crippen LogP) is 4.40. The number of amidine groups is 1. The molecule has 3 rings (SSSR count). The molecule has 1 N–H and O–H groups in total. The van der Waals surface area contributed by atoms with Crippen LogP contribution in [0.15, 0.2) is 58.4 Å². The van der Waals surface area contributed by atoms with Crippen molar-refractivity contribution < 1.29 is 35.8 Å². The Bertz CT molecular complexity index is 1500. The molecule has 1 aromatic carbocycles. The molecule has 2 heterocycles. The molecular formula is C24H26F3N7O5S. The van der Waals surface area contributed by atoms with Crippen molar-refractivity contribution in [2.45, 2.75) is 32.1 Å². The summed E-state index contributed by atoms with van der Waals surface area (Å²) in [5, 5.41) is 6.93. The van der Waals surface area contributed by atoms with Gasteiger partial charge in [-0.05, 0) is 38.8 Å². The first-order valence-electron chi connectivity index (χ1n) is 11.5. The van der Waals surface area contributed by atoms with Gasteiger partial charge in [-0.3, -0.25) is 9.29 Å². The zero-order valence-corrected chi connectivity index (χ0v) is 22.7. The molecule has 2 aromatic heterocycles. The number of para-hydroxylation sites is 1. The molecule has 0 aliphatic heterocycles. The van der Waals surface area contributed by atoms with Crippen molar-refractivity contribution in [2.24, 2.45) is 9.98 Å². The number of aliphatic imine (C=N–C) groups is 2. The molecule has 1 atom stereocenters. The molecule has 0 fully saturated rings. The first-order chi connectivity index (χ1) is 19.0. The average molecular weight is 582 g/mol. The van der Waals surface area contributed by atoms with Gasteiger partial charge in [0, 0.05) is 12.5 Å². The van der Waals surface area contributed by atoms with Crippen LogP contribution in [0.2, 0.25) is 0 Å². The zero-order valence-electron chi connectivity index (χ0n) is 21.9. The average Bonchev–Trinajstić information content (AvgIpc) is 3.32. The van der Waals surface area contributed by atoms with Crippen LogP contribution in [0.5, 0.6) is 17.4 Å². The second kappa shape index (κ2) is 13.1. The van der Waals surface area contributed by atoms with Crippen molar-refractivity contribution in [3.05, 3.63) is 48.4 Å². The summed E-state index contributed by atoms with van der Waals surface area (Å²) in [5.74, 6) is -0.866. The lowest BCUT2D eigenvalue weighted by Crippen LogP contribution is -2.28. The molecule has 0 saturated carbocycles. The summed E-state index contributed by atoms with van der Waals surface area (Å²) in [7, 11) is -1.42. The monoisotopic (exact) mass is 581 g/mol. The fraction of sp³-hybridized carbons (Fsp3) is 0.292. The number of allylic oxidation sites excluding steroid dienone is 1. The molecule has 0 amide bonds. The molecule has 3 aromatic rings.